The maximum atomic E-state index is 5.07. The number of hydrogen-bond acceptors (Lipinski definition) is 2. The minimum absolute atomic E-state index is 0.727. The molecule has 11 heavy (non-hydrogen) atoms. The first-order valence-corrected chi connectivity index (χ1v) is 3.99. The maximum absolute atomic E-state index is 5.07. The first kappa shape index (κ1) is 8.31. The maximum Gasteiger partial charge on any atom is 0.194 e. The van der Waals surface area contributed by atoms with Gasteiger partial charge in [-0.25, -0.2) is 4.98 Å². The molecule has 0 unspecified atom stereocenters. The van der Waals surface area contributed by atoms with Crippen LogP contribution in [0.1, 0.15) is 26.2 Å². The second kappa shape index (κ2) is 4.16. The fourth-order valence-corrected chi connectivity index (χ4v) is 0.894. The molecule has 0 aliphatic heterocycles. The van der Waals surface area contributed by atoms with Gasteiger partial charge in [-0.05, 0) is 18.8 Å². The predicted molar refractivity (Wildman–Crippen MR) is 44.0 cm³/mol. The summed E-state index contributed by atoms with van der Waals surface area (Å²) < 4.78 is 5.07. The van der Waals surface area contributed by atoms with Gasteiger partial charge in [-0.1, -0.05) is 13.8 Å². The fraction of sp³-hybridized carbons (Fsp3) is 0.556. The van der Waals surface area contributed by atoms with E-state index in [0.717, 1.165) is 24.7 Å². The topological polar surface area (TPSA) is 26.0 Å². The molecule has 0 aliphatic rings. The Kier molecular flexibility index (Phi) is 3.14. The lowest BCUT2D eigenvalue weighted by atomic mass is 10.1. The molecule has 0 amide bonds. The van der Waals surface area contributed by atoms with Crippen molar-refractivity contribution in [2.75, 3.05) is 0 Å². The van der Waals surface area contributed by atoms with Crippen LogP contribution in [0.2, 0.25) is 0 Å². The molecule has 1 radical (unpaired) electrons. The molecule has 2 nitrogen and oxygen atoms in total. The zero-order valence-corrected chi connectivity index (χ0v) is 7.08. The van der Waals surface area contributed by atoms with E-state index in [0.29, 0.717) is 0 Å². The SMILES string of the molecule is CC(C)C[CH]Cc1ncco1. The zero-order valence-electron chi connectivity index (χ0n) is 7.08. The lowest BCUT2D eigenvalue weighted by Gasteiger charge is -2.00. The molecular weight excluding hydrogens is 138 g/mol. The van der Waals surface area contributed by atoms with Crippen molar-refractivity contribution in [3.63, 3.8) is 0 Å². The summed E-state index contributed by atoms with van der Waals surface area (Å²) in [6, 6.07) is 0. The van der Waals surface area contributed by atoms with Gasteiger partial charge in [-0.3, -0.25) is 0 Å². The van der Waals surface area contributed by atoms with Gasteiger partial charge in [0.05, 0.1) is 6.20 Å². The van der Waals surface area contributed by atoms with Crippen molar-refractivity contribution in [3.05, 3.63) is 24.8 Å². The van der Waals surface area contributed by atoms with E-state index < -0.39 is 0 Å². The molecule has 1 heterocycles. The van der Waals surface area contributed by atoms with Gasteiger partial charge in [0.1, 0.15) is 6.26 Å². The molecule has 0 saturated heterocycles. The quantitative estimate of drug-likeness (QED) is 0.662. The van der Waals surface area contributed by atoms with E-state index >= 15 is 0 Å². The second-order valence-corrected chi connectivity index (χ2v) is 3.05. The van der Waals surface area contributed by atoms with Crippen molar-refractivity contribution in [2.24, 2.45) is 5.92 Å². The van der Waals surface area contributed by atoms with Crippen LogP contribution in [0, 0.1) is 12.3 Å². The van der Waals surface area contributed by atoms with Crippen molar-refractivity contribution >= 4 is 0 Å². The molecule has 1 rings (SSSR count). The molecule has 0 spiro atoms. The van der Waals surface area contributed by atoms with E-state index in [1.54, 1.807) is 12.5 Å². The number of oxazole rings is 1. The van der Waals surface area contributed by atoms with Gasteiger partial charge < -0.3 is 4.42 Å². The Labute approximate surface area is 67.6 Å². The molecular formula is C9H14NO. The molecule has 0 fully saturated rings. The Bertz CT molecular complexity index is 179. The van der Waals surface area contributed by atoms with E-state index in [1.165, 1.54) is 0 Å². The van der Waals surface area contributed by atoms with Gasteiger partial charge in [0, 0.05) is 6.42 Å². The summed E-state index contributed by atoms with van der Waals surface area (Å²) in [6.07, 6.45) is 7.47. The van der Waals surface area contributed by atoms with Crippen LogP contribution >= 0.6 is 0 Å². The zero-order chi connectivity index (χ0) is 8.10. The third kappa shape index (κ3) is 3.21. The molecule has 0 aromatic carbocycles. The van der Waals surface area contributed by atoms with Crippen LogP contribution in [0.25, 0.3) is 0 Å². The van der Waals surface area contributed by atoms with Crippen molar-refractivity contribution < 1.29 is 4.42 Å². The van der Waals surface area contributed by atoms with Crippen LogP contribution in [0.4, 0.5) is 0 Å². The number of rotatable bonds is 4. The van der Waals surface area contributed by atoms with Gasteiger partial charge >= 0.3 is 0 Å². The third-order valence-electron chi connectivity index (χ3n) is 1.44. The van der Waals surface area contributed by atoms with Crippen molar-refractivity contribution in [2.45, 2.75) is 26.7 Å². The molecule has 0 N–H and O–H groups in total. The first-order valence-electron chi connectivity index (χ1n) is 3.99. The number of nitrogens with zero attached hydrogens (tertiary/aromatic N) is 1. The highest BCUT2D eigenvalue weighted by atomic mass is 16.3. The molecule has 1 aromatic heterocycles. The van der Waals surface area contributed by atoms with Gasteiger partial charge in [0.25, 0.3) is 0 Å². The highest BCUT2D eigenvalue weighted by Crippen LogP contribution is 2.06. The first-order chi connectivity index (χ1) is 5.29. The molecule has 0 aliphatic carbocycles. The van der Waals surface area contributed by atoms with Gasteiger partial charge in [-0.15, -0.1) is 0 Å². The minimum atomic E-state index is 0.727. The molecule has 0 atom stereocenters. The van der Waals surface area contributed by atoms with Gasteiger partial charge in [0.15, 0.2) is 5.89 Å². The van der Waals surface area contributed by atoms with Gasteiger partial charge in [0.2, 0.25) is 0 Å². The standard InChI is InChI=1S/C9H14NO/c1-8(2)4-3-5-9-10-6-7-11-9/h3,6-8H,4-5H2,1-2H3. The van der Waals surface area contributed by atoms with Crippen LogP contribution in [0.3, 0.4) is 0 Å². The van der Waals surface area contributed by atoms with Crippen LogP contribution in [0.15, 0.2) is 16.9 Å². The molecule has 0 saturated carbocycles. The van der Waals surface area contributed by atoms with Crippen molar-refractivity contribution in [3.8, 4) is 0 Å². The number of hydrogen-bond donors (Lipinski definition) is 0. The number of aromatic nitrogens is 1. The monoisotopic (exact) mass is 152 g/mol. The largest absolute Gasteiger partial charge is 0.449 e. The van der Waals surface area contributed by atoms with E-state index in [1.807, 2.05) is 0 Å². The summed E-state index contributed by atoms with van der Waals surface area (Å²) in [5.41, 5.74) is 0. The van der Waals surface area contributed by atoms with Crippen LogP contribution in [0.5, 0.6) is 0 Å². The lowest BCUT2D eigenvalue weighted by Crippen LogP contribution is -1.91. The Hall–Kier alpha value is -0.790. The average Bonchev–Trinajstić information content (AvgIpc) is 2.39. The predicted octanol–water partition coefficient (Wildman–Crippen LogP) is 2.47. The molecule has 1 aromatic rings. The summed E-state index contributed by atoms with van der Waals surface area (Å²) in [5.74, 6) is 1.54. The highest BCUT2D eigenvalue weighted by Gasteiger charge is 1.98. The summed E-state index contributed by atoms with van der Waals surface area (Å²) >= 11 is 0. The highest BCUT2D eigenvalue weighted by molar-refractivity contribution is 4.86. The minimum Gasteiger partial charge on any atom is -0.449 e. The van der Waals surface area contributed by atoms with E-state index in [9.17, 15) is 0 Å². The van der Waals surface area contributed by atoms with Crippen LogP contribution in [-0.2, 0) is 6.42 Å². The second-order valence-electron chi connectivity index (χ2n) is 3.05. The van der Waals surface area contributed by atoms with Crippen LogP contribution < -0.4 is 0 Å². The molecule has 0 bridgehead atoms. The van der Waals surface area contributed by atoms with Gasteiger partial charge in [-0.2, -0.15) is 0 Å². The third-order valence-corrected chi connectivity index (χ3v) is 1.44. The lowest BCUT2D eigenvalue weighted by molar-refractivity contribution is 0.496. The normalized spacial score (nSPS) is 10.8. The Morgan fingerprint density at radius 2 is 2.45 bits per heavy atom. The summed E-state index contributed by atoms with van der Waals surface area (Å²) in [4.78, 5) is 4.02. The summed E-state index contributed by atoms with van der Waals surface area (Å²) in [7, 11) is 0. The fourth-order valence-electron chi connectivity index (χ4n) is 0.894. The Morgan fingerprint density at radius 1 is 1.64 bits per heavy atom. The van der Waals surface area contributed by atoms with E-state index in [-0.39, 0.29) is 0 Å². The Balaban J connectivity index is 2.14. The molecule has 61 valence electrons. The van der Waals surface area contributed by atoms with E-state index in [4.69, 9.17) is 4.42 Å². The van der Waals surface area contributed by atoms with Crippen molar-refractivity contribution in [1.29, 1.82) is 0 Å². The average molecular weight is 152 g/mol. The van der Waals surface area contributed by atoms with Crippen LogP contribution in [-0.4, -0.2) is 4.98 Å². The summed E-state index contributed by atoms with van der Waals surface area (Å²) in [5, 5.41) is 0. The summed E-state index contributed by atoms with van der Waals surface area (Å²) in [6.45, 7) is 4.40. The Morgan fingerprint density at radius 3 is 3.00 bits per heavy atom. The van der Waals surface area contributed by atoms with E-state index in [2.05, 4.69) is 25.3 Å². The smallest absolute Gasteiger partial charge is 0.194 e. The van der Waals surface area contributed by atoms with Crippen molar-refractivity contribution in [1.82, 2.24) is 4.98 Å². The molecule has 2 heteroatoms.